The van der Waals surface area contributed by atoms with Crippen LogP contribution in [0.15, 0.2) is 28.8 Å². The van der Waals surface area contributed by atoms with Crippen LogP contribution in [-0.4, -0.2) is 43.9 Å². The van der Waals surface area contributed by atoms with Gasteiger partial charge in [0.15, 0.2) is 11.5 Å². The fraction of sp³-hybridized carbons (Fsp3) is 0.500. The Morgan fingerprint density at radius 3 is 2.83 bits per heavy atom. The Morgan fingerprint density at radius 2 is 2.12 bits per heavy atom. The van der Waals surface area contributed by atoms with Crippen molar-refractivity contribution in [1.29, 1.82) is 0 Å². The third-order valence-electron chi connectivity index (χ3n) is 4.32. The molecule has 1 aliphatic heterocycles. The number of methoxy groups -OCH3 is 2. The van der Waals surface area contributed by atoms with Crippen LogP contribution < -0.4 is 9.47 Å². The van der Waals surface area contributed by atoms with Crippen molar-refractivity contribution in [2.24, 2.45) is 0 Å². The lowest BCUT2D eigenvalue weighted by molar-refractivity contribution is -0.0214. The molecule has 2 aromatic rings. The summed E-state index contributed by atoms with van der Waals surface area (Å²) in [5, 5.41) is 0. The maximum Gasteiger partial charge on any atom is 0.183 e. The van der Waals surface area contributed by atoms with E-state index in [-0.39, 0.29) is 6.04 Å². The lowest BCUT2D eigenvalue weighted by atomic mass is 10.1. The molecule has 24 heavy (non-hydrogen) atoms. The number of morpholine rings is 1. The maximum atomic E-state index is 5.94. The summed E-state index contributed by atoms with van der Waals surface area (Å²) in [7, 11) is 3.27. The van der Waals surface area contributed by atoms with E-state index in [1.54, 1.807) is 26.5 Å². The number of hydrogen-bond donors (Lipinski definition) is 0. The van der Waals surface area contributed by atoms with Crippen LogP contribution in [0.3, 0.4) is 0 Å². The van der Waals surface area contributed by atoms with E-state index in [9.17, 15) is 0 Å². The van der Waals surface area contributed by atoms with E-state index in [0.29, 0.717) is 31.3 Å². The molecule has 1 fully saturated rings. The van der Waals surface area contributed by atoms with E-state index in [1.165, 1.54) is 0 Å². The minimum Gasteiger partial charge on any atom is -0.493 e. The number of hydrogen-bond acceptors (Lipinski definition) is 6. The summed E-state index contributed by atoms with van der Waals surface area (Å²) in [4.78, 5) is 6.80. The second-order valence-electron chi connectivity index (χ2n) is 5.71. The van der Waals surface area contributed by atoms with Crippen molar-refractivity contribution in [3.8, 4) is 11.5 Å². The van der Waals surface area contributed by atoms with Crippen LogP contribution >= 0.6 is 0 Å². The zero-order chi connectivity index (χ0) is 16.9. The van der Waals surface area contributed by atoms with Gasteiger partial charge in [-0.3, -0.25) is 9.88 Å². The highest BCUT2D eigenvalue weighted by Crippen LogP contribution is 2.33. The van der Waals surface area contributed by atoms with Crippen LogP contribution in [0, 0.1) is 0 Å². The zero-order valence-corrected chi connectivity index (χ0v) is 14.4. The van der Waals surface area contributed by atoms with E-state index >= 15 is 0 Å². The normalized spacial score (nSPS) is 18.5. The molecular weight excluding hydrogens is 308 g/mol. The quantitative estimate of drug-likeness (QED) is 0.811. The molecule has 0 spiro atoms. The number of ether oxygens (including phenoxy) is 3. The molecule has 3 heterocycles. The number of nitrogens with zero attached hydrogens (tertiary/aromatic N) is 2. The van der Waals surface area contributed by atoms with Gasteiger partial charge in [-0.2, -0.15) is 0 Å². The molecule has 2 aromatic heterocycles. The van der Waals surface area contributed by atoms with Crippen LogP contribution in [0.2, 0.25) is 0 Å². The third kappa shape index (κ3) is 3.39. The van der Waals surface area contributed by atoms with Gasteiger partial charge < -0.3 is 18.6 Å². The third-order valence-corrected chi connectivity index (χ3v) is 4.32. The van der Waals surface area contributed by atoms with Gasteiger partial charge >= 0.3 is 0 Å². The zero-order valence-electron chi connectivity index (χ0n) is 14.4. The van der Waals surface area contributed by atoms with Gasteiger partial charge in [0, 0.05) is 31.8 Å². The van der Waals surface area contributed by atoms with Crippen LogP contribution in [0.4, 0.5) is 0 Å². The van der Waals surface area contributed by atoms with Crippen molar-refractivity contribution < 1.29 is 18.6 Å². The Hall–Kier alpha value is -2.05. The summed E-state index contributed by atoms with van der Waals surface area (Å²) in [5.74, 6) is 3.30. The molecule has 6 nitrogen and oxygen atoms in total. The average Bonchev–Trinajstić information content (AvgIpc) is 3.11. The molecule has 0 unspecified atom stereocenters. The SMILES string of the molecule is CCc1ccc([C@H]2COCCN2Cc2nccc(OC)c2OC)o1. The fourth-order valence-electron chi connectivity index (χ4n) is 3.01. The molecule has 0 N–H and O–H groups in total. The Balaban J connectivity index is 1.84. The second kappa shape index (κ2) is 7.68. The highest BCUT2D eigenvalue weighted by atomic mass is 16.5. The standard InChI is InChI=1S/C18H24N2O4/c1-4-13-5-6-16(24-13)15-12-23-10-9-20(15)11-14-18(22-3)17(21-2)7-8-19-14/h5-8,15H,4,9-12H2,1-3H3/t15-/m1/s1. The van der Waals surface area contributed by atoms with Gasteiger partial charge in [0.25, 0.3) is 0 Å². The van der Waals surface area contributed by atoms with Crippen molar-refractivity contribution in [3.05, 3.63) is 41.6 Å². The Labute approximate surface area is 142 Å². The molecule has 0 radical (unpaired) electrons. The molecule has 0 amide bonds. The summed E-state index contributed by atoms with van der Waals surface area (Å²) in [6.07, 6.45) is 2.63. The lowest BCUT2D eigenvalue weighted by Gasteiger charge is -2.34. The minimum absolute atomic E-state index is 0.0803. The first-order valence-corrected chi connectivity index (χ1v) is 8.23. The summed E-state index contributed by atoms with van der Waals surface area (Å²) in [6.45, 7) is 4.86. The molecule has 0 aromatic carbocycles. The number of rotatable bonds is 6. The van der Waals surface area contributed by atoms with E-state index in [4.69, 9.17) is 18.6 Å². The predicted molar refractivity (Wildman–Crippen MR) is 89.4 cm³/mol. The first-order valence-electron chi connectivity index (χ1n) is 8.23. The van der Waals surface area contributed by atoms with Crippen LogP contribution in [-0.2, 0) is 17.7 Å². The van der Waals surface area contributed by atoms with Gasteiger partial charge in [-0.15, -0.1) is 0 Å². The molecule has 0 saturated carbocycles. The van der Waals surface area contributed by atoms with Gasteiger partial charge in [-0.25, -0.2) is 0 Å². The van der Waals surface area contributed by atoms with Gasteiger partial charge in [-0.05, 0) is 12.1 Å². The predicted octanol–water partition coefficient (Wildman–Crippen LogP) is 2.83. The number of pyridine rings is 1. The lowest BCUT2D eigenvalue weighted by Crippen LogP contribution is -2.39. The summed E-state index contributed by atoms with van der Waals surface area (Å²) in [5.41, 5.74) is 0.853. The van der Waals surface area contributed by atoms with Crippen LogP contribution in [0.1, 0.15) is 30.2 Å². The summed E-state index contributed by atoms with van der Waals surface area (Å²) in [6, 6.07) is 5.96. The molecule has 130 valence electrons. The Kier molecular flexibility index (Phi) is 5.37. The summed E-state index contributed by atoms with van der Waals surface area (Å²) >= 11 is 0. The van der Waals surface area contributed by atoms with E-state index in [1.807, 2.05) is 12.1 Å². The Morgan fingerprint density at radius 1 is 1.25 bits per heavy atom. The second-order valence-corrected chi connectivity index (χ2v) is 5.71. The van der Waals surface area contributed by atoms with Gasteiger partial charge in [0.1, 0.15) is 17.2 Å². The summed E-state index contributed by atoms with van der Waals surface area (Å²) < 4.78 is 22.5. The number of aryl methyl sites for hydroxylation is 1. The largest absolute Gasteiger partial charge is 0.493 e. The van der Waals surface area contributed by atoms with Crippen molar-refractivity contribution >= 4 is 0 Å². The van der Waals surface area contributed by atoms with Crippen molar-refractivity contribution in [3.63, 3.8) is 0 Å². The van der Waals surface area contributed by atoms with Crippen LogP contribution in [0.5, 0.6) is 11.5 Å². The molecule has 0 aliphatic carbocycles. The fourth-order valence-corrected chi connectivity index (χ4v) is 3.01. The topological polar surface area (TPSA) is 57.0 Å². The maximum absolute atomic E-state index is 5.94. The average molecular weight is 332 g/mol. The van der Waals surface area contributed by atoms with Crippen molar-refractivity contribution in [2.75, 3.05) is 34.0 Å². The smallest absolute Gasteiger partial charge is 0.183 e. The first kappa shape index (κ1) is 16.8. The van der Waals surface area contributed by atoms with E-state index < -0.39 is 0 Å². The monoisotopic (exact) mass is 332 g/mol. The Bertz CT molecular complexity index is 671. The van der Waals surface area contributed by atoms with Gasteiger partial charge in [-0.1, -0.05) is 6.92 Å². The molecule has 1 saturated heterocycles. The number of aromatic nitrogens is 1. The van der Waals surface area contributed by atoms with Crippen molar-refractivity contribution in [1.82, 2.24) is 9.88 Å². The highest BCUT2D eigenvalue weighted by Gasteiger charge is 2.28. The highest BCUT2D eigenvalue weighted by molar-refractivity contribution is 5.42. The molecule has 1 aliphatic rings. The molecule has 6 heteroatoms. The minimum atomic E-state index is 0.0803. The van der Waals surface area contributed by atoms with Crippen molar-refractivity contribution in [2.45, 2.75) is 25.9 Å². The van der Waals surface area contributed by atoms with Gasteiger partial charge in [0.2, 0.25) is 0 Å². The van der Waals surface area contributed by atoms with Crippen LogP contribution in [0.25, 0.3) is 0 Å². The molecule has 1 atom stereocenters. The number of furan rings is 1. The van der Waals surface area contributed by atoms with Gasteiger partial charge in [0.05, 0.1) is 33.5 Å². The molecule has 0 bridgehead atoms. The van der Waals surface area contributed by atoms with E-state index in [0.717, 1.165) is 30.2 Å². The molecule has 3 rings (SSSR count). The first-order chi connectivity index (χ1) is 11.8. The molecular formula is C18H24N2O4. The van der Waals surface area contributed by atoms with E-state index in [2.05, 4.69) is 16.8 Å².